The highest BCUT2D eigenvalue weighted by molar-refractivity contribution is 5.71. The summed E-state index contributed by atoms with van der Waals surface area (Å²) in [4.78, 5) is 11.9. The Balaban J connectivity index is 2.81. The summed E-state index contributed by atoms with van der Waals surface area (Å²) in [5.41, 5.74) is 6.19. The molecule has 2 N–H and O–H groups in total. The van der Waals surface area contributed by atoms with Gasteiger partial charge in [-0.2, -0.15) is 0 Å². The van der Waals surface area contributed by atoms with Gasteiger partial charge in [0.1, 0.15) is 5.60 Å². The molecule has 0 heterocycles. The monoisotopic (exact) mass is 249 g/mol. The van der Waals surface area contributed by atoms with Crippen LogP contribution in [0.4, 0.5) is 0 Å². The van der Waals surface area contributed by atoms with Crippen molar-refractivity contribution in [3.05, 3.63) is 35.9 Å². The van der Waals surface area contributed by atoms with Crippen LogP contribution in [0.2, 0.25) is 0 Å². The van der Waals surface area contributed by atoms with Gasteiger partial charge in [-0.1, -0.05) is 37.3 Å². The minimum atomic E-state index is -0.649. The maximum Gasteiger partial charge on any atom is 0.308 e. The lowest BCUT2D eigenvalue weighted by atomic mass is 9.85. The van der Waals surface area contributed by atoms with Crippen molar-refractivity contribution in [3.63, 3.8) is 0 Å². The van der Waals surface area contributed by atoms with Gasteiger partial charge < -0.3 is 10.5 Å². The van der Waals surface area contributed by atoms with Crippen molar-refractivity contribution in [2.24, 2.45) is 5.73 Å². The Morgan fingerprint density at radius 3 is 2.22 bits per heavy atom. The fraction of sp³-hybridized carbons (Fsp3) is 0.533. The van der Waals surface area contributed by atoms with Crippen LogP contribution in [0.3, 0.4) is 0 Å². The molecular weight excluding hydrogens is 226 g/mol. The molecule has 3 heteroatoms. The Labute approximate surface area is 109 Å². The Bertz CT molecular complexity index is 395. The van der Waals surface area contributed by atoms with E-state index in [0.717, 1.165) is 5.56 Å². The van der Waals surface area contributed by atoms with Crippen LogP contribution in [0, 0.1) is 0 Å². The molecule has 0 saturated heterocycles. The van der Waals surface area contributed by atoms with Crippen molar-refractivity contribution in [1.82, 2.24) is 0 Å². The van der Waals surface area contributed by atoms with E-state index in [9.17, 15) is 4.79 Å². The molecule has 0 amide bonds. The second-order valence-electron chi connectivity index (χ2n) is 5.64. The van der Waals surface area contributed by atoms with Gasteiger partial charge in [0, 0.05) is 0 Å². The summed E-state index contributed by atoms with van der Waals surface area (Å²) in [5, 5.41) is 0. The molecule has 1 aromatic carbocycles. The first-order chi connectivity index (χ1) is 8.27. The van der Waals surface area contributed by atoms with Crippen molar-refractivity contribution in [3.8, 4) is 0 Å². The fourth-order valence-electron chi connectivity index (χ4n) is 1.84. The number of benzene rings is 1. The second-order valence-corrected chi connectivity index (χ2v) is 5.64. The Hall–Kier alpha value is -1.35. The lowest BCUT2D eigenvalue weighted by Crippen LogP contribution is -2.40. The molecule has 0 fully saturated rings. The van der Waals surface area contributed by atoms with Crippen molar-refractivity contribution in [2.45, 2.75) is 51.7 Å². The van der Waals surface area contributed by atoms with E-state index >= 15 is 0 Å². The third-order valence-corrected chi connectivity index (χ3v) is 2.86. The summed E-state index contributed by atoms with van der Waals surface area (Å²) in [5.74, 6) is -0.254. The van der Waals surface area contributed by atoms with Gasteiger partial charge in [-0.3, -0.25) is 4.79 Å². The van der Waals surface area contributed by atoms with Gasteiger partial charge in [-0.25, -0.2) is 0 Å². The summed E-state index contributed by atoms with van der Waals surface area (Å²) in [6.45, 7) is 7.56. The molecule has 0 aliphatic heterocycles. The van der Waals surface area contributed by atoms with E-state index in [0.29, 0.717) is 6.42 Å². The zero-order valence-electron chi connectivity index (χ0n) is 11.7. The molecule has 0 aromatic heterocycles. The van der Waals surface area contributed by atoms with Crippen LogP contribution < -0.4 is 5.73 Å². The van der Waals surface area contributed by atoms with E-state index in [1.165, 1.54) is 0 Å². The Morgan fingerprint density at radius 1 is 1.22 bits per heavy atom. The first-order valence-corrected chi connectivity index (χ1v) is 6.33. The van der Waals surface area contributed by atoms with Crippen LogP contribution in [0.25, 0.3) is 0 Å². The zero-order chi connectivity index (χ0) is 13.8. The van der Waals surface area contributed by atoms with E-state index in [2.05, 4.69) is 0 Å². The molecule has 0 saturated carbocycles. The fourth-order valence-corrected chi connectivity index (χ4v) is 1.84. The SMILES string of the molecule is CCC(N)(CC(=O)OC(C)(C)C)c1ccccc1. The largest absolute Gasteiger partial charge is 0.460 e. The summed E-state index contributed by atoms with van der Waals surface area (Å²) < 4.78 is 5.34. The predicted octanol–water partition coefficient (Wildman–Crippen LogP) is 2.98. The lowest BCUT2D eigenvalue weighted by Gasteiger charge is -2.29. The molecule has 0 spiro atoms. The third-order valence-electron chi connectivity index (χ3n) is 2.86. The van der Waals surface area contributed by atoms with E-state index in [1.54, 1.807) is 0 Å². The van der Waals surface area contributed by atoms with Crippen molar-refractivity contribution >= 4 is 5.97 Å². The Kier molecular flexibility index (Phi) is 4.52. The van der Waals surface area contributed by atoms with Crippen LogP contribution in [-0.2, 0) is 15.1 Å². The van der Waals surface area contributed by atoms with E-state index in [1.807, 2.05) is 58.0 Å². The van der Waals surface area contributed by atoms with E-state index in [-0.39, 0.29) is 12.4 Å². The molecule has 0 bridgehead atoms. The minimum Gasteiger partial charge on any atom is -0.460 e. The molecule has 1 aromatic rings. The molecule has 1 rings (SSSR count). The van der Waals surface area contributed by atoms with Crippen LogP contribution in [-0.4, -0.2) is 11.6 Å². The maximum atomic E-state index is 11.9. The highest BCUT2D eigenvalue weighted by Crippen LogP contribution is 2.27. The first-order valence-electron chi connectivity index (χ1n) is 6.33. The predicted molar refractivity (Wildman–Crippen MR) is 73.1 cm³/mol. The number of hydrogen-bond acceptors (Lipinski definition) is 3. The molecular formula is C15H23NO2. The summed E-state index contributed by atoms with van der Waals surface area (Å²) >= 11 is 0. The van der Waals surface area contributed by atoms with Crippen molar-refractivity contribution in [1.29, 1.82) is 0 Å². The smallest absolute Gasteiger partial charge is 0.308 e. The number of carbonyl (C=O) groups excluding carboxylic acids is 1. The maximum absolute atomic E-state index is 11.9. The number of carbonyl (C=O) groups is 1. The highest BCUT2D eigenvalue weighted by atomic mass is 16.6. The van der Waals surface area contributed by atoms with Gasteiger partial charge in [0.15, 0.2) is 0 Å². The number of ether oxygens (including phenoxy) is 1. The molecule has 1 atom stereocenters. The molecule has 0 aliphatic rings. The zero-order valence-corrected chi connectivity index (χ0v) is 11.7. The van der Waals surface area contributed by atoms with Gasteiger partial charge in [0.2, 0.25) is 0 Å². The van der Waals surface area contributed by atoms with Crippen molar-refractivity contribution in [2.75, 3.05) is 0 Å². The van der Waals surface area contributed by atoms with Gasteiger partial charge in [0.05, 0.1) is 12.0 Å². The second kappa shape index (κ2) is 5.53. The summed E-state index contributed by atoms with van der Waals surface area (Å²) in [6, 6.07) is 9.71. The third kappa shape index (κ3) is 4.15. The first kappa shape index (κ1) is 14.7. The average molecular weight is 249 g/mol. The summed E-state index contributed by atoms with van der Waals surface area (Å²) in [7, 11) is 0. The normalized spacial score (nSPS) is 14.9. The van der Waals surface area contributed by atoms with Crippen LogP contribution >= 0.6 is 0 Å². The van der Waals surface area contributed by atoms with Gasteiger partial charge >= 0.3 is 5.97 Å². The minimum absolute atomic E-state index is 0.199. The number of esters is 1. The van der Waals surface area contributed by atoms with E-state index in [4.69, 9.17) is 10.5 Å². The number of hydrogen-bond donors (Lipinski definition) is 1. The number of rotatable bonds is 4. The molecule has 3 nitrogen and oxygen atoms in total. The standard InChI is InChI=1S/C15H23NO2/c1-5-15(16,12-9-7-6-8-10-12)11-13(17)18-14(2,3)4/h6-10H,5,11,16H2,1-4H3. The molecule has 100 valence electrons. The molecule has 0 radical (unpaired) electrons. The lowest BCUT2D eigenvalue weighted by molar-refractivity contribution is -0.156. The van der Waals surface area contributed by atoms with Gasteiger partial charge in [-0.15, -0.1) is 0 Å². The van der Waals surface area contributed by atoms with Crippen LogP contribution in [0.1, 0.15) is 46.1 Å². The van der Waals surface area contributed by atoms with Gasteiger partial charge in [-0.05, 0) is 32.8 Å². The van der Waals surface area contributed by atoms with Gasteiger partial charge in [0.25, 0.3) is 0 Å². The topological polar surface area (TPSA) is 52.3 Å². The molecule has 0 aliphatic carbocycles. The quantitative estimate of drug-likeness (QED) is 0.835. The van der Waals surface area contributed by atoms with Crippen LogP contribution in [0.5, 0.6) is 0 Å². The molecule has 1 unspecified atom stereocenters. The average Bonchev–Trinajstić information content (AvgIpc) is 2.27. The van der Waals surface area contributed by atoms with Crippen LogP contribution in [0.15, 0.2) is 30.3 Å². The number of nitrogens with two attached hydrogens (primary N) is 1. The van der Waals surface area contributed by atoms with E-state index < -0.39 is 11.1 Å². The van der Waals surface area contributed by atoms with Crippen molar-refractivity contribution < 1.29 is 9.53 Å². The molecule has 18 heavy (non-hydrogen) atoms. The Morgan fingerprint density at radius 2 is 1.78 bits per heavy atom. The summed E-state index contributed by atoms with van der Waals surface area (Å²) in [6.07, 6.45) is 0.890. The highest BCUT2D eigenvalue weighted by Gasteiger charge is 2.30.